The van der Waals surface area contributed by atoms with Crippen molar-refractivity contribution in [3.8, 4) is 0 Å². The highest BCUT2D eigenvalue weighted by Crippen LogP contribution is 2.46. The fraction of sp³-hybridized carbons (Fsp3) is 0.733. The Kier molecular flexibility index (Phi) is 3.56. The molecule has 0 amide bonds. The minimum atomic E-state index is -0.359. The Bertz CT molecular complexity index is 449. The van der Waals surface area contributed by atoms with Crippen LogP contribution < -0.4 is 5.73 Å². The van der Waals surface area contributed by atoms with E-state index in [9.17, 15) is 0 Å². The first-order chi connectivity index (χ1) is 8.80. The van der Waals surface area contributed by atoms with Crippen LogP contribution in [0.2, 0.25) is 0 Å². The molecule has 0 aromatic carbocycles. The number of rotatable bonds is 2. The maximum absolute atomic E-state index is 5.99. The molecule has 0 spiro atoms. The lowest BCUT2D eigenvalue weighted by molar-refractivity contribution is -0.0729. The molecule has 1 aromatic heterocycles. The van der Waals surface area contributed by atoms with Gasteiger partial charge in [-0.25, -0.2) is 9.97 Å². The van der Waals surface area contributed by atoms with Gasteiger partial charge in [-0.3, -0.25) is 0 Å². The van der Waals surface area contributed by atoms with Crippen LogP contribution in [0.3, 0.4) is 0 Å². The molecule has 1 fully saturated rings. The quantitative estimate of drug-likeness (QED) is 0.890. The summed E-state index contributed by atoms with van der Waals surface area (Å²) in [5.41, 5.74) is 7.92. The number of methoxy groups -OCH3 is 1. The Balaban J connectivity index is 2.38. The van der Waals surface area contributed by atoms with Crippen LogP contribution in [0.4, 0.5) is 5.82 Å². The van der Waals surface area contributed by atoms with E-state index in [4.69, 9.17) is 10.5 Å². The van der Waals surface area contributed by atoms with Crippen molar-refractivity contribution in [1.29, 1.82) is 0 Å². The van der Waals surface area contributed by atoms with E-state index in [1.165, 1.54) is 0 Å². The standard InChI is InChI=1S/C15H25N3O/c1-10-11(2)17-13(18-12(10)16)15(19-5)8-6-14(3,4)7-9-15/h6-9H2,1-5H3,(H2,16,17,18). The highest BCUT2D eigenvalue weighted by atomic mass is 16.5. The molecule has 4 nitrogen and oxygen atoms in total. The van der Waals surface area contributed by atoms with Gasteiger partial charge in [0.1, 0.15) is 11.4 Å². The number of anilines is 1. The average Bonchev–Trinajstić information content (AvgIpc) is 2.36. The fourth-order valence-corrected chi connectivity index (χ4v) is 2.70. The normalized spacial score (nSPS) is 21.3. The number of nitrogens with two attached hydrogens (primary N) is 1. The second kappa shape index (κ2) is 4.75. The molecule has 0 bridgehead atoms. The maximum atomic E-state index is 5.99. The lowest BCUT2D eigenvalue weighted by Crippen LogP contribution is -2.38. The number of hydrogen-bond acceptors (Lipinski definition) is 4. The van der Waals surface area contributed by atoms with Gasteiger partial charge in [0.2, 0.25) is 0 Å². The number of nitrogen functional groups attached to an aromatic ring is 1. The first-order valence-corrected chi connectivity index (χ1v) is 6.96. The van der Waals surface area contributed by atoms with E-state index in [2.05, 4.69) is 23.8 Å². The van der Waals surface area contributed by atoms with E-state index < -0.39 is 0 Å². The van der Waals surface area contributed by atoms with Crippen molar-refractivity contribution in [2.24, 2.45) is 5.41 Å². The summed E-state index contributed by atoms with van der Waals surface area (Å²) in [5, 5.41) is 0. The minimum Gasteiger partial charge on any atom is -0.383 e. The molecule has 1 heterocycles. The molecular weight excluding hydrogens is 238 g/mol. The highest BCUT2D eigenvalue weighted by Gasteiger charge is 2.42. The van der Waals surface area contributed by atoms with Crippen molar-refractivity contribution in [2.75, 3.05) is 12.8 Å². The third kappa shape index (κ3) is 2.59. The van der Waals surface area contributed by atoms with Crippen molar-refractivity contribution < 1.29 is 4.74 Å². The monoisotopic (exact) mass is 263 g/mol. The van der Waals surface area contributed by atoms with E-state index in [0.717, 1.165) is 42.8 Å². The first kappa shape index (κ1) is 14.3. The fourth-order valence-electron chi connectivity index (χ4n) is 2.70. The van der Waals surface area contributed by atoms with Crippen LogP contribution in [-0.4, -0.2) is 17.1 Å². The van der Waals surface area contributed by atoms with E-state index in [-0.39, 0.29) is 5.60 Å². The Hall–Kier alpha value is -1.16. The zero-order valence-corrected chi connectivity index (χ0v) is 12.7. The zero-order valence-electron chi connectivity index (χ0n) is 12.7. The topological polar surface area (TPSA) is 61.0 Å². The van der Waals surface area contributed by atoms with Gasteiger partial charge in [0.15, 0.2) is 5.82 Å². The Morgan fingerprint density at radius 3 is 2.11 bits per heavy atom. The minimum absolute atomic E-state index is 0.359. The van der Waals surface area contributed by atoms with Gasteiger partial charge in [-0.2, -0.15) is 0 Å². The smallest absolute Gasteiger partial charge is 0.162 e. The third-order valence-corrected chi connectivity index (χ3v) is 4.64. The number of aromatic nitrogens is 2. The van der Waals surface area contributed by atoms with Gasteiger partial charge in [-0.1, -0.05) is 13.8 Å². The van der Waals surface area contributed by atoms with Gasteiger partial charge in [-0.05, 0) is 44.9 Å². The number of aryl methyl sites for hydroxylation is 1. The lowest BCUT2D eigenvalue weighted by atomic mass is 9.70. The third-order valence-electron chi connectivity index (χ3n) is 4.64. The van der Waals surface area contributed by atoms with Gasteiger partial charge in [0.05, 0.1) is 0 Å². The molecule has 0 radical (unpaired) electrons. The van der Waals surface area contributed by atoms with E-state index >= 15 is 0 Å². The van der Waals surface area contributed by atoms with Gasteiger partial charge in [-0.15, -0.1) is 0 Å². The lowest BCUT2D eigenvalue weighted by Gasteiger charge is -2.41. The molecule has 2 N–H and O–H groups in total. The second-order valence-corrected chi connectivity index (χ2v) is 6.51. The molecule has 1 aromatic rings. The summed E-state index contributed by atoms with van der Waals surface area (Å²) >= 11 is 0. The molecule has 19 heavy (non-hydrogen) atoms. The SMILES string of the molecule is COC1(c2nc(C)c(C)c(N)n2)CCC(C)(C)CC1. The largest absolute Gasteiger partial charge is 0.383 e. The van der Waals surface area contributed by atoms with Crippen LogP contribution in [0.1, 0.15) is 56.6 Å². The maximum Gasteiger partial charge on any atom is 0.162 e. The molecule has 0 saturated heterocycles. The van der Waals surface area contributed by atoms with Gasteiger partial charge >= 0.3 is 0 Å². The summed E-state index contributed by atoms with van der Waals surface area (Å²) in [6.07, 6.45) is 4.16. The molecule has 0 unspecified atom stereocenters. The summed E-state index contributed by atoms with van der Waals surface area (Å²) in [6, 6.07) is 0. The van der Waals surface area contributed by atoms with Crippen LogP contribution in [0, 0.1) is 19.3 Å². The van der Waals surface area contributed by atoms with Crippen LogP contribution in [0.5, 0.6) is 0 Å². The average molecular weight is 263 g/mol. The van der Waals surface area contributed by atoms with Crippen molar-refractivity contribution in [3.05, 3.63) is 17.1 Å². The summed E-state index contributed by atoms with van der Waals surface area (Å²) < 4.78 is 5.83. The molecule has 4 heteroatoms. The van der Waals surface area contributed by atoms with Crippen molar-refractivity contribution in [3.63, 3.8) is 0 Å². The highest BCUT2D eigenvalue weighted by molar-refractivity contribution is 5.41. The van der Waals surface area contributed by atoms with E-state index in [1.54, 1.807) is 7.11 Å². The predicted octanol–water partition coefficient (Wildman–Crippen LogP) is 3.12. The molecular formula is C15H25N3O. The molecule has 1 aliphatic carbocycles. The van der Waals surface area contributed by atoms with Crippen LogP contribution in [0.15, 0.2) is 0 Å². The summed E-state index contributed by atoms with van der Waals surface area (Å²) in [7, 11) is 1.76. The van der Waals surface area contributed by atoms with Crippen molar-refractivity contribution in [2.45, 2.75) is 59.0 Å². The predicted molar refractivity (Wildman–Crippen MR) is 76.9 cm³/mol. The van der Waals surface area contributed by atoms with Crippen LogP contribution >= 0.6 is 0 Å². The molecule has 0 atom stereocenters. The van der Waals surface area contributed by atoms with Crippen molar-refractivity contribution >= 4 is 5.82 Å². The van der Waals surface area contributed by atoms with E-state index in [1.807, 2.05) is 13.8 Å². The van der Waals surface area contributed by atoms with Gasteiger partial charge < -0.3 is 10.5 Å². The molecule has 1 saturated carbocycles. The zero-order chi connectivity index (χ0) is 14.3. The Morgan fingerprint density at radius 2 is 1.63 bits per heavy atom. The van der Waals surface area contributed by atoms with Crippen LogP contribution in [0.25, 0.3) is 0 Å². The number of nitrogens with zero attached hydrogens (tertiary/aromatic N) is 2. The van der Waals surface area contributed by atoms with Gasteiger partial charge in [0.25, 0.3) is 0 Å². The summed E-state index contributed by atoms with van der Waals surface area (Å²) in [4.78, 5) is 9.12. The summed E-state index contributed by atoms with van der Waals surface area (Å²) in [6.45, 7) is 8.55. The molecule has 1 aliphatic rings. The van der Waals surface area contributed by atoms with Crippen LogP contribution in [-0.2, 0) is 10.3 Å². The van der Waals surface area contributed by atoms with Gasteiger partial charge in [0, 0.05) is 18.4 Å². The van der Waals surface area contributed by atoms with Crippen molar-refractivity contribution in [1.82, 2.24) is 9.97 Å². The Morgan fingerprint density at radius 1 is 1.05 bits per heavy atom. The Labute approximate surface area is 115 Å². The summed E-state index contributed by atoms with van der Waals surface area (Å²) in [5.74, 6) is 1.33. The molecule has 0 aliphatic heterocycles. The molecule has 2 rings (SSSR count). The number of hydrogen-bond donors (Lipinski definition) is 1. The first-order valence-electron chi connectivity index (χ1n) is 6.96. The molecule has 106 valence electrons. The second-order valence-electron chi connectivity index (χ2n) is 6.51. The van der Waals surface area contributed by atoms with E-state index in [0.29, 0.717) is 11.2 Å². The number of ether oxygens (including phenoxy) is 1.